The molecule has 0 amide bonds. The number of halogens is 3. The number of Topliss-reactive ketones (excluding diaryl/α,β-unsaturated/α-hetero) is 1. The van der Waals surface area contributed by atoms with Gasteiger partial charge in [0.25, 0.3) is 10.0 Å². The molecule has 0 N–H and O–H groups in total. The quantitative estimate of drug-likeness (QED) is 0.168. The number of ether oxygens (including phenoxy) is 1. The summed E-state index contributed by atoms with van der Waals surface area (Å²) in [5, 5.41) is 4.89. The Balaban J connectivity index is 1.60. The van der Waals surface area contributed by atoms with Crippen molar-refractivity contribution in [1.29, 1.82) is 0 Å². The third-order valence-corrected chi connectivity index (χ3v) is 10.1. The fourth-order valence-corrected chi connectivity index (χ4v) is 6.34. The number of anilines is 1. The molecule has 3 aromatic heterocycles. The van der Waals surface area contributed by atoms with Gasteiger partial charge in [0.2, 0.25) is 0 Å². The Kier molecular flexibility index (Phi) is 8.76. The number of hydrogen-bond donors (Lipinski definition) is 0. The zero-order valence-electron chi connectivity index (χ0n) is 23.2. The largest absolute Gasteiger partial charge is 0.389 e. The third kappa shape index (κ3) is 6.92. The van der Waals surface area contributed by atoms with Crippen molar-refractivity contribution in [3.63, 3.8) is 0 Å². The summed E-state index contributed by atoms with van der Waals surface area (Å²) in [5.74, 6) is -0.230. The van der Waals surface area contributed by atoms with E-state index in [9.17, 15) is 26.4 Å². The maximum absolute atomic E-state index is 13.0. The highest BCUT2D eigenvalue weighted by atomic mass is 32.2. The first kappa shape index (κ1) is 30.2. The van der Waals surface area contributed by atoms with E-state index in [0.29, 0.717) is 42.6 Å². The lowest BCUT2D eigenvalue weighted by atomic mass is 10.0. The highest BCUT2D eigenvalue weighted by molar-refractivity contribution is 7.89. The Hall–Kier alpha value is -2.78. The van der Waals surface area contributed by atoms with Crippen molar-refractivity contribution >= 4 is 40.7 Å². The van der Waals surface area contributed by atoms with Crippen LogP contribution in [0.3, 0.4) is 0 Å². The highest BCUT2D eigenvalue weighted by Crippen LogP contribution is 2.32. The maximum atomic E-state index is 13.0. The molecule has 4 heterocycles. The second-order valence-corrected chi connectivity index (χ2v) is 18.9. The van der Waals surface area contributed by atoms with E-state index in [1.54, 1.807) is 0 Å². The molecular weight excluding hydrogens is 565 g/mol. The second kappa shape index (κ2) is 11.6. The van der Waals surface area contributed by atoms with Crippen molar-refractivity contribution in [3.8, 4) is 0 Å². The molecule has 0 aliphatic carbocycles. The van der Waals surface area contributed by atoms with Crippen molar-refractivity contribution in [2.45, 2.75) is 77.7 Å². The first-order valence-electron chi connectivity index (χ1n) is 13.3. The normalized spacial score (nSPS) is 14.6. The Morgan fingerprint density at radius 2 is 1.95 bits per heavy atom. The van der Waals surface area contributed by atoms with Crippen LogP contribution in [0.25, 0.3) is 11.0 Å². The lowest BCUT2D eigenvalue weighted by Gasteiger charge is -2.29. The molecule has 0 spiro atoms. The van der Waals surface area contributed by atoms with Gasteiger partial charge in [-0.05, 0) is 25.5 Å². The first-order chi connectivity index (χ1) is 18.7. The van der Waals surface area contributed by atoms with Crippen molar-refractivity contribution in [1.82, 2.24) is 23.7 Å². The lowest BCUT2D eigenvalue weighted by Crippen LogP contribution is -2.33. The van der Waals surface area contributed by atoms with Gasteiger partial charge in [0.05, 0.1) is 16.8 Å². The lowest BCUT2D eigenvalue weighted by molar-refractivity contribution is -0.135. The molecule has 0 aromatic carbocycles. The van der Waals surface area contributed by atoms with E-state index in [4.69, 9.17) is 4.74 Å². The number of carbonyl (C=O) groups is 1. The average molecular weight is 601 g/mol. The Labute approximate surface area is 232 Å². The van der Waals surface area contributed by atoms with Crippen molar-refractivity contribution in [2.75, 3.05) is 23.8 Å². The molecule has 0 bridgehead atoms. The van der Waals surface area contributed by atoms with E-state index in [1.807, 2.05) is 21.7 Å². The van der Waals surface area contributed by atoms with Crippen LogP contribution in [0.4, 0.5) is 19.0 Å². The molecule has 0 saturated heterocycles. The molecule has 1 aliphatic rings. The molecule has 3 aromatic rings. The molecule has 40 heavy (non-hydrogen) atoms. The summed E-state index contributed by atoms with van der Waals surface area (Å²) >= 11 is 0. The number of nitrogens with zero attached hydrogens (tertiary/aromatic N) is 6. The van der Waals surface area contributed by atoms with Crippen LogP contribution < -0.4 is 4.90 Å². The molecule has 220 valence electrons. The summed E-state index contributed by atoms with van der Waals surface area (Å²) in [6, 6.07) is 2.93. The predicted octanol–water partition coefficient (Wildman–Crippen LogP) is 4.62. The summed E-state index contributed by atoms with van der Waals surface area (Å²) < 4.78 is 72.1. The fraction of sp³-hybridized carbons (Fsp3) is 0.600. The average Bonchev–Trinajstić information content (AvgIpc) is 3.47. The van der Waals surface area contributed by atoms with Gasteiger partial charge in [-0.3, -0.25) is 4.79 Å². The number of carbonyl (C=O) groups excluding carboxylic acids is 1. The SMILES string of the molecule is CCS(=O)(=O)n1nc(C(=O)CCCC(F)(F)F)c2c1CCN(c1ncnc3c1ccn3COCC[Si](C)(C)C)C2. The van der Waals surface area contributed by atoms with Gasteiger partial charge in [0.15, 0.2) is 5.78 Å². The molecule has 0 unspecified atom stereocenters. The molecule has 1 aliphatic heterocycles. The van der Waals surface area contributed by atoms with Gasteiger partial charge in [0.1, 0.15) is 30.2 Å². The molecule has 0 radical (unpaired) electrons. The number of ketones is 1. The van der Waals surface area contributed by atoms with Crippen LogP contribution >= 0.6 is 0 Å². The highest BCUT2D eigenvalue weighted by Gasteiger charge is 2.33. The van der Waals surface area contributed by atoms with Crippen LogP contribution in [-0.4, -0.2) is 71.1 Å². The smallest absolute Gasteiger partial charge is 0.361 e. The van der Waals surface area contributed by atoms with Crippen LogP contribution in [0.5, 0.6) is 0 Å². The maximum Gasteiger partial charge on any atom is 0.389 e. The molecule has 4 rings (SSSR count). The van der Waals surface area contributed by atoms with Gasteiger partial charge >= 0.3 is 6.18 Å². The monoisotopic (exact) mass is 600 g/mol. The fourth-order valence-electron chi connectivity index (χ4n) is 4.60. The van der Waals surface area contributed by atoms with E-state index in [-0.39, 0.29) is 30.8 Å². The van der Waals surface area contributed by atoms with E-state index in [1.165, 1.54) is 13.3 Å². The summed E-state index contributed by atoms with van der Waals surface area (Å²) in [7, 11) is -5.04. The van der Waals surface area contributed by atoms with Crippen LogP contribution in [0, 0.1) is 0 Å². The Morgan fingerprint density at radius 3 is 2.62 bits per heavy atom. The Bertz CT molecular complexity index is 1480. The van der Waals surface area contributed by atoms with E-state index < -0.39 is 42.9 Å². The van der Waals surface area contributed by atoms with Gasteiger partial charge in [-0.15, -0.1) is 0 Å². The van der Waals surface area contributed by atoms with E-state index >= 15 is 0 Å². The number of rotatable bonds is 12. The summed E-state index contributed by atoms with van der Waals surface area (Å²) in [4.78, 5) is 23.8. The first-order valence-corrected chi connectivity index (χ1v) is 18.6. The summed E-state index contributed by atoms with van der Waals surface area (Å²) in [6.07, 6.45) is -2.67. The zero-order chi connectivity index (χ0) is 29.3. The molecule has 0 fully saturated rings. The van der Waals surface area contributed by atoms with Gasteiger partial charge in [-0.2, -0.15) is 22.4 Å². The predicted molar refractivity (Wildman–Crippen MR) is 148 cm³/mol. The van der Waals surface area contributed by atoms with Crippen LogP contribution in [0.15, 0.2) is 18.6 Å². The van der Waals surface area contributed by atoms with Gasteiger partial charge < -0.3 is 14.2 Å². The van der Waals surface area contributed by atoms with Crippen LogP contribution in [0.2, 0.25) is 25.7 Å². The minimum Gasteiger partial charge on any atom is -0.361 e. The zero-order valence-corrected chi connectivity index (χ0v) is 25.0. The minimum absolute atomic E-state index is 0.0995. The molecule has 0 saturated carbocycles. The number of aromatic nitrogens is 5. The minimum atomic E-state index is -4.38. The van der Waals surface area contributed by atoms with Gasteiger partial charge in [0, 0.05) is 58.8 Å². The van der Waals surface area contributed by atoms with Crippen molar-refractivity contribution in [3.05, 3.63) is 35.5 Å². The van der Waals surface area contributed by atoms with Crippen molar-refractivity contribution < 1.29 is 31.1 Å². The summed E-state index contributed by atoms with van der Waals surface area (Å²) in [6.45, 7) is 9.87. The van der Waals surface area contributed by atoms with Crippen LogP contribution in [0.1, 0.15) is 47.9 Å². The standard InChI is InChI=1S/C25H35F3N6O4SSi/c1-5-39(36,37)34-20-9-12-32(15-19(20)22(31-34)21(35)7-6-10-25(26,27)28)23-18-8-11-33(24(18)30-16-29-23)17-38-13-14-40(2,3)4/h8,11,16H,5-7,9-10,12-15,17H2,1-4H3. The second-order valence-electron chi connectivity index (χ2n) is 11.1. The Morgan fingerprint density at radius 1 is 1.20 bits per heavy atom. The van der Waals surface area contributed by atoms with Gasteiger partial charge in [-0.25, -0.2) is 18.4 Å². The topological polar surface area (TPSA) is 112 Å². The van der Waals surface area contributed by atoms with Gasteiger partial charge in [-0.1, -0.05) is 19.6 Å². The number of alkyl halides is 3. The van der Waals surface area contributed by atoms with Crippen molar-refractivity contribution in [2.24, 2.45) is 0 Å². The molecule has 10 nitrogen and oxygen atoms in total. The van der Waals surface area contributed by atoms with E-state index in [2.05, 4.69) is 34.7 Å². The molecule has 15 heteroatoms. The molecular formula is C25H35F3N6O4SSi. The molecule has 0 atom stereocenters. The summed E-state index contributed by atoms with van der Waals surface area (Å²) in [5.41, 5.74) is 1.37. The third-order valence-electron chi connectivity index (χ3n) is 6.84. The van der Waals surface area contributed by atoms with Crippen LogP contribution in [-0.2, 0) is 34.5 Å². The van der Waals surface area contributed by atoms with E-state index in [0.717, 1.165) is 15.5 Å². The number of fused-ring (bicyclic) bond motifs is 2. The number of hydrogen-bond acceptors (Lipinski definition) is 8.